The molecule has 4 rings (SSSR count). The molecule has 0 saturated carbocycles. The molecule has 8 nitrogen and oxygen atoms in total. The molecule has 1 N–H and O–H groups in total. The highest BCUT2D eigenvalue weighted by molar-refractivity contribution is 7.90. The maximum Gasteiger partial charge on any atom is 0.261 e. The van der Waals surface area contributed by atoms with Crippen LogP contribution >= 0.6 is 0 Å². The Morgan fingerprint density at radius 1 is 0.882 bits per heavy atom. The van der Waals surface area contributed by atoms with Crippen LogP contribution in [0, 0.1) is 0 Å². The number of aromatic nitrogens is 1. The lowest BCUT2D eigenvalue weighted by Crippen LogP contribution is -2.14. The average molecular weight is 479 g/mol. The summed E-state index contributed by atoms with van der Waals surface area (Å²) in [4.78, 5) is 17.9. The molecule has 1 aromatic heterocycles. The van der Waals surface area contributed by atoms with Crippen molar-refractivity contribution < 1.29 is 27.4 Å². The summed E-state index contributed by atoms with van der Waals surface area (Å²) in [6, 6.07) is 20.0. The van der Waals surface area contributed by atoms with Crippen molar-refractivity contribution >= 4 is 32.3 Å². The summed E-state index contributed by atoms with van der Waals surface area (Å²) in [6.45, 7) is 0. The summed E-state index contributed by atoms with van der Waals surface area (Å²) >= 11 is 0. The fraction of sp³-hybridized carbons (Fsp3) is 0.120. The van der Waals surface area contributed by atoms with E-state index < -0.39 is 15.7 Å². The fourth-order valence-corrected chi connectivity index (χ4v) is 3.97. The zero-order valence-corrected chi connectivity index (χ0v) is 19.5. The Hall–Kier alpha value is -4.11. The van der Waals surface area contributed by atoms with E-state index in [9.17, 15) is 13.2 Å². The van der Waals surface area contributed by atoms with Crippen LogP contribution in [0.25, 0.3) is 10.9 Å². The molecule has 174 valence electrons. The van der Waals surface area contributed by atoms with E-state index >= 15 is 0 Å². The van der Waals surface area contributed by atoms with Gasteiger partial charge in [-0.05, 0) is 42.5 Å². The molecule has 0 aliphatic heterocycles. The Labute approximate surface area is 197 Å². The number of hydrogen-bond donors (Lipinski definition) is 1. The minimum atomic E-state index is -3.43. The maximum atomic E-state index is 13.3. The fourth-order valence-electron chi connectivity index (χ4n) is 3.31. The summed E-state index contributed by atoms with van der Waals surface area (Å²) in [5.41, 5.74) is 1.14. The van der Waals surface area contributed by atoms with Crippen LogP contribution in [-0.2, 0) is 9.84 Å². The molecule has 4 aromatic rings. The minimum absolute atomic E-state index is 0.0685. The number of nitrogens with zero attached hydrogens (tertiary/aromatic N) is 1. The molecular weight excluding hydrogens is 456 g/mol. The molecule has 3 aromatic carbocycles. The summed E-state index contributed by atoms with van der Waals surface area (Å²) < 4.78 is 40.4. The molecule has 0 aliphatic carbocycles. The minimum Gasteiger partial charge on any atom is -0.497 e. The highest BCUT2D eigenvalue weighted by Crippen LogP contribution is 2.36. The molecule has 0 spiro atoms. The van der Waals surface area contributed by atoms with Gasteiger partial charge in [0.1, 0.15) is 11.3 Å². The van der Waals surface area contributed by atoms with Crippen LogP contribution in [0.4, 0.5) is 5.69 Å². The predicted molar refractivity (Wildman–Crippen MR) is 129 cm³/mol. The Balaban J connectivity index is 1.75. The number of methoxy groups -OCH3 is 2. The first kappa shape index (κ1) is 23.1. The number of fused-ring (bicyclic) bond motifs is 1. The largest absolute Gasteiger partial charge is 0.497 e. The van der Waals surface area contributed by atoms with Crippen LogP contribution < -0.4 is 19.5 Å². The monoisotopic (exact) mass is 478 g/mol. The number of benzene rings is 3. The second-order valence-electron chi connectivity index (χ2n) is 7.41. The molecule has 0 bridgehead atoms. The van der Waals surface area contributed by atoms with E-state index in [1.54, 1.807) is 43.5 Å². The van der Waals surface area contributed by atoms with E-state index in [0.717, 1.165) is 11.6 Å². The molecule has 0 unspecified atom stereocenters. The zero-order valence-electron chi connectivity index (χ0n) is 18.7. The smallest absolute Gasteiger partial charge is 0.261 e. The van der Waals surface area contributed by atoms with Gasteiger partial charge in [0.05, 0.1) is 24.6 Å². The van der Waals surface area contributed by atoms with Crippen molar-refractivity contribution in [3.63, 3.8) is 0 Å². The summed E-state index contributed by atoms with van der Waals surface area (Å²) in [5.74, 6) is 0.894. The molecule has 34 heavy (non-hydrogen) atoms. The Morgan fingerprint density at radius 2 is 1.68 bits per heavy atom. The third-order valence-electron chi connectivity index (χ3n) is 5.03. The Kier molecular flexibility index (Phi) is 6.38. The Morgan fingerprint density at radius 3 is 2.41 bits per heavy atom. The standard InChI is InChI=1S/C25H22N2O6S/c1-31-18-11-12-22(23(15-18)32-2)33-25-20(13-16-7-4-5-10-21(16)27-25)24(28)26-17-8-6-9-19(14-17)34(3,29)30/h4-15H,1-3H3,(H,26,28). The average Bonchev–Trinajstić information content (AvgIpc) is 2.83. The summed E-state index contributed by atoms with van der Waals surface area (Å²) in [5, 5.41) is 3.48. The third-order valence-corrected chi connectivity index (χ3v) is 6.14. The van der Waals surface area contributed by atoms with Gasteiger partial charge in [-0.2, -0.15) is 0 Å². The SMILES string of the molecule is COc1ccc(Oc2nc3ccccc3cc2C(=O)Nc2cccc(S(C)(=O)=O)c2)c(OC)c1. The van der Waals surface area contributed by atoms with Crippen LogP contribution in [0.15, 0.2) is 77.7 Å². The van der Waals surface area contributed by atoms with Crippen LogP contribution in [0.1, 0.15) is 10.4 Å². The molecule has 9 heteroatoms. The number of sulfone groups is 1. The number of hydrogen-bond acceptors (Lipinski definition) is 7. The summed E-state index contributed by atoms with van der Waals surface area (Å²) in [7, 11) is -0.388. The van der Waals surface area contributed by atoms with Gasteiger partial charge in [-0.3, -0.25) is 4.79 Å². The van der Waals surface area contributed by atoms with Crippen molar-refractivity contribution in [2.24, 2.45) is 0 Å². The van der Waals surface area contributed by atoms with Crippen molar-refractivity contribution in [2.45, 2.75) is 4.90 Å². The van der Waals surface area contributed by atoms with Crippen LogP contribution in [0.2, 0.25) is 0 Å². The van der Waals surface area contributed by atoms with Gasteiger partial charge in [0.15, 0.2) is 21.3 Å². The quantitative estimate of drug-likeness (QED) is 0.411. The molecule has 0 saturated heterocycles. The van der Waals surface area contributed by atoms with Crippen LogP contribution in [-0.4, -0.2) is 39.8 Å². The van der Waals surface area contributed by atoms with Gasteiger partial charge in [-0.1, -0.05) is 24.3 Å². The second-order valence-corrected chi connectivity index (χ2v) is 9.42. The number of carbonyl (C=O) groups is 1. The lowest BCUT2D eigenvalue weighted by atomic mass is 10.1. The molecule has 0 aliphatic rings. The topological polar surface area (TPSA) is 104 Å². The van der Waals surface area contributed by atoms with Crippen molar-refractivity contribution in [3.8, 4) is 23.1 Å². The van der Waals surface area contributed by atoms with E-state index in [1.807, 2.05) is 24.3 Å². The summed E-state index contributed by atoms with van der Waals surface area (Å²) in [6.07, 6.45) is 1.11. The van der Waals surface area contributed by atoms with Crippen molar-refractivity contribution in [1.29, 1.82) is 0 Å². The van der Waals surface area contributed by atoms with Crippen LogP contribution in [0.3, 0.4) is 0 Å². The first-order chi connectivity index (χ1) is 16.3. The highest BCUT2D eigenvalue weighted by atomic mass is 32.2. The number of amides is 1. The van der Waals surface area contributed by atoms with Crippen LogP contribution in [0.5, 0.6) is 23.1 Å². The number of nitrogens with one attached hydrogen (secondary N) is 1. The van der Waals surface area contributed by atoms with Gasteiger partial charge < -0.3 is 19.5 Å². The molecule has 0 atom stereocenters. The normalized spacial score (nSPS) is 11.1. The number of para-hydroxylation sites is 1. The van der Waals surface area contributed by atoms with Crippen molar-refractivity contribution in [2.75, 3.05) is 25.8 Å². The molecule has 1 heterocycles. The van der Waals surface area contributed by atoms with Crippen molar-refractivity contribution in [3.05, 3.63) is 78.4 Å². The first-order valence-electron chi connectivity index (χ1n) is 10.2. The Bertz CT molecular complexity index is 1480. The van der Waals surface area contributed by atoms with Gasteiger partial charge in [0.25, 0.3) is 5.91 Å². The number of anilines is 1. The van der Waals surface area contributed by atoms with E-state index in [-0.39, 0.29) is 16.3 Å². The lowest BCUT2D eigenvalue weighted by molar-refractivity contribution is 0.102. The van der Waals surface area contributed by atoms with Gasteiger partial charge in [0.2, 0.25) is 5.88 Å². The number of carbonyl (C=O) groups excluding carboxylic acids is 1. The number of pyridine rings is 1. The van der Waals surface area contributed by atoms with E-state index in [1.165, 1.54) is 19.2 Å². The van der Waals surface area contributed by atoms with E-state index in [2.05, 4.69) is 10.3 Å². The molecule has 0 radical (unpaired) electrons. The van der Waals surface area contributed by atoms with Gasteiger partial charge >= 0.3 is 0 Å². The third kappa shape index (κ3) is 4.94. The highest BCUT2D eigenvalue weighted by Gasteiger charge is 2.19. The maximum absolute atomic E-state index is 13.3. The van der Waals surface area contributed by atoms with E-state index in [4.69, 9.17) is 14.2 Å². The lowest BCUT2D eigenvalue weighted by Gasteiger charge is -2.15. The van der Waals surface area contributed by atoms with Gasteiger partial charge in [0, 0.05) is 23.4 Å². The van der Waals surface area contributed by atoms with Gasteiger partial charge in [-0.25, -0.2) is 13.4 Å². The molecule has 1 amide bonds. The first-order valence-corrected chi connectivity index (χ1v) is 12.1. The van der Waals surface area contributed by atoms with Gasteiger partial charge in [-0.15, -0.1) is 0 Å². The number of rotatable bonds is 7. The molecule has 0 fully saturated rings. The zero-order chi connectivity index (χ0) is 24.3. The predicted octanol–water partition coefficient (Wildman–Crippen LogP) is 4.70. The second kappa shape index (κ2) is 9.40. The molecular formula is C25H22N2O6S. The number of ether oxygens (including phenoxy) is 3. The van der Waals surface area contributed by atoms with E-state index in [0.29, 0.717) is 28.5 Å². The van der Waals surface area contributed by atoms with Crippen molar-refractivity contribution in [1.82, 2.24) is 4.98 Å².